The number of ketones is 1. The predicted octanol–water partition coefficient (Wildman–Crippen LogP) is 7.14. The number of Topliss-reactive ketones (excluding diaryl/α,β-unsaturated/α-hetero) is 1. The summed E-state index contributed by atoms with van der Waals surface area (Å²) in [6.07, 6.45) is 0. The zero-order valence-corrected chi connectivity index (χ0v) is 24.4. The first-order valence-corrected chi connectivity index (χ1v) is 13.8. The molecule has 1 amide bonds. The molecule has 0 radical (unpaired) electrons. The Hall–Kier alpha value is -4.06. The van der Waals surface area contributed by atoms with Crippen LogP contribution in [0.1, 0.15) is 81.3 Å². The fourth-order valence-electron chi connectivity index (χ4n) is 5.17. The van der Waals surface area contributed by atoms with Crippen molar-refractivity contribution in [3.63, 3.8) is 0 Å². The maximum atomic E-state index is 13.6. The Bertz CT molecular complexity index is 1430. The number of amides is 1. The van der Waals surface area contributed by atoms with Gasteiger partial charge in [-0.05, 0) is 53.6 Å². The monoisotopic (exact) mass is 541 g/mol. The van der Waals surface area contributed by atoms with Crippen LogP contribution in [0.3, 0.4) is 0 Å². The molecule has 6 heteroatoms. The Morgan fingerprint density at radius 1 is 0.975 bits per heavy atom. The van der Waals surface area contributed by atoms with Crippen molar-refractivity contribution >= 4 is 17.4 Å². The highest BCUT2D eigenvalue weighted by Gasteiger charge is 2.46. The number of rotatable bonds is 8. The van der Waals surface area contributed by atoms with Gasteiger partial charge in [0.15, 0.2) is 0 Å². The maximum Gasteiger partial charge on any atom is 0.295 e. The van der Waals surface area contributed by atoms with Gasteiger partial charge in [0.1, 0.15) is 17.3 Å². The lowest BCUT2D eigenvalue weighted by Crippen LogP contribution is -2.29. The third-order valence-corrected chi connectivity index (χ3v) is 7.35. The Kier molecular flexibility index (Phi) is 8.38. The van der Waals surface area contributed by atoms with Crippen LogP contribution in [0.2, 0.25) is 0 Å². The summed E-state index contributed by atoms with van der Waals surface area (Å²) in [5, 5.41) is 11.7. The van der Waals surface area contributed by atoms with E-state index >= 15 is 0 Å². The van der Waals surface area contributed by atoms with Gasteiger partial charge in [-0.2, -0.15) is 0 Å². The standard InChI is InChI=1S/C34H39NO5/c1-8-40-28-18-17-24(19-26(28)34(4,5)6)31(36)29-30(23-15-13-22(14-16-23)21(2)3)35(33(38)32(29)37)20-25-11-9-10-12-27(25)39-7/h9-19,21,30,36H,8,20H2,1-7H3/b31-29-. The minimum Gasteiger partial charge on any atom is -0.507 e. The largest absolute Gasteiger partial charge is 0.507 e. The molecule has 1 unspecified atom stereocenters. The number of carbonyl (C=O) groups is 2. The number of para-hydroxylation sites is 1. The van der Waals surface area contributed by atoms with Gasteiger partial charge in [0.2, 0.25) is 0 Å². The lowest BCUT2D eigenvalue weighted by molar-refractivity contribution is -0.140. The van der Waals surface area contributed by atoms with Gasteiger partial charge in [0, 0.05) is 16.7 Å². The van der Waals surface area contributed by atoms with Crippen molar-refractivity contribution in [1.82, 2.24) is 4.90 Å². The number of aliphatic hydroxyl groups excluding tert-OH is 1. The molecule has 1 aliphatic rings. The number of likely N-dealkylation sites (tertiary alicyclic amines) is 1. The molecule has 40 heavy (non-hydrogen) atoms. The number of hydrogen-bond acceptors (Lipinski definition) is 5. The molecule has 6 nitrogen and oxygen atoms in total. The van der Waals surface area contributed by atoms with Crippen LogP contribution >= 0.6 is 0 Å². The first-order chi connectivity index (χ1) is 19.0. The summed E-state index contributed by atoms with van der Waals surface area (Å²) >= 11 is 0. The van der Waals surface area contributed by atoms with Crippen LogP contribution in [0.15, 0.2) is 72.3 Å². The molecule has 1 heterocycles. The van der Waals surface area contributed by atoms with E-state index in [1.165, 1.54) is 4.90 Å². The van der Waals surface area contributed by atoms with E-state index in [0.717, 1.165) is 28.0 Å². The van der Waals surface area contributed by atoms with Gasteiger partial charge in [-0.3, -0.25) is 9.59 Å². The van der Waals surface area contributed by atoms with Gasteiger partial charge in [0.05, 0.1) is 31.9 Å². The smallest absolute Gasteiger partial charge is 0.295 e. The van der Waals surface area contributed by atoms with Crippen molar-refractivity contribution < 1.29 is 24.2 Å². The molecule has 0 saturated carbocycles. The molecule has 1 saturated heterocycles. The third kappa shape index (κ3) is 5.62. The van der Waals surface area contributed by atoms with Gasteiger partial charge in [-0.15, -0.1) is 0 Å². The van der Waals surface area contributed by atoms with Gasteiger partial charge in [-0.1, -0.05) is 77.1 Å². The molecular formula is C34H39NO5. The van der Waals surface area contributed by atoms with Crippen molar-refractivity contribution in [3.05, 3.63) is 100 Å². The van der Waals surface area contributed by atoms with E-state index in [2.05, 4.69) is 34.6 Å². The lowest BCUT2D eigenvalue weighted by atomic mass is 9.84. The van der Waals surface area contributed by atoms with Crippen molar-refractivity contribution in [1.29, 1.82) is 0 Å². The lowest BCUT2D eigenvalue weighted by Gasteiger charge is -2.27. The van der Waals surface area contributed by atoms with E-state index in [9.17, 15) is 14.7 Å². The third-order valence-electron chi connectivity index (χ3n) is 7.35. The molecule has 3 aromatic rings. The number of ether oxygens (including phenoxy) is 2. The summed E-state index contributed by atoms with van der Waals surface area (Å²) in [4.78, 5) is 28.7. The molecule has 0 aromatic heterocycles. The Morgan fingerprint density at radius 2 is 1.65 bits per heavy atom. The summed E-state index contributed by atoms with van der Waals surface area (Å²) in [6.45, 7) is 13.0. The van der Waals surface area contributed by atoms with Gasteiger partial charge in [0.25, 0.3) is 11.7 Å². The Balaban J connectivity index is 1.90. The highest BCUT2D eigenvalue weighted by molar-refractivity contribution is 6.46. The zero-order valence-electron chi connectivity index (χ0n) is 24.4. The molecule has 1 fully saturated rings. The van der Waals surface area contributed by atoms with E-state index < -0.39 is 17.7 Å². The Morgan fingerprint density at radius 3 is 2.25 bits per heavy atom. The Labute approximate surface area is 237 Å². The molecule has 0 aliphatic carbocycles. The van der Waals surface area contributed by atoms with Crippen molar-refractivity contribution in [3.8, 4) is 11.5 Å². The molecule has 1 aliphatic heterocycles. The van der Waals surface area contributed by atoms with Crippen LogP contribution in [0.25, 0.3) is 5.76 Å². The quantitative estimate of drug-likeness (QED) is 0.186. The van der Waals surface area contributed by atoms with Crippen LogP contribution in [-0.4, -0.2) is 35.4 Å². The van der Waals surface area contributed by atoms with Crippen LogP contribution in [-0.2, 0) is 21.5 Å². The summed E-state index contributed by atoms with van der Waals surface area (Å²) < 4.78 is 11.4. The number of hydrogen-bond donors (Lipinski definition) is 1. The minimum atomic E-state index is -0.768. The molecule has 4 rings (SSSR count). The van der Waals surface area contributed by atoms with Crippen LogP contribution in [0.5, 0.6) is 11.5 Å². The highest BCUT2D eigenvalue weighted by Crippen LogP contribution is 2.42. The van der Waals surface area contributed by atoms with Crippen LogP contribution < -0.4 is 9.47 Å². The fraction of sp³-hybridized carbons (Fsp3) is 0.353. The van der Waals surface area contributed by atoms with E-state index in [0.29, 0.717) is 23.8 Å². The van der Waals surface area contributed by atoms with Gasteiger partial charge >= 0.3 is 0 Å². The van der Waals surface area contributed by atoms with Gasteiger partial charge in [-0.25, -0.2) is 0 Å². The molecule has 0 spiro atoms. The number of carbonyl (C=O) groups excluding carboxylic acids is 2. The number of aliphatic hydroxyl groups is 1. The maximum absolute atomic E-state index is 13.6. The zero-order chi connectivity index (χ0) is 29.2. The topological polar surface area (TPSA) is 76.1 Å². The molecule has 3 aromatic carbocycles. The normalized spacial score (nSPS) is 17.0. The van der Waals surface area contributed by atoms with E-state index in [-0.39, 0.29) is 23.3 Å². The van der Waals surface area contributed by atoms with Crippen molar-refractivity contribution in [2.24, 2.45) is 0 Å². The van der Waals surface area contributed by atoms with Crippen LogP contribution in [0.4, 0.5) is 0 Å². The fourth-order valence-corrected chi connectivity index (χ4v) is 5.17. The van der Waals surface area contributed by atoms with Crippen LogP contribution in [0, 0.1) is 0 Å². The molecular weight excluding hydrogens is 502 g/mol. The summed E-state index contributed by atoms with van der Waals surface area (Å²) in [5.41, 5.74) is 3.83. The van der Waals surface area contributed by atoms with Crippen molar-refractivity contribution in [2.45, 2.75) is 65.5 Å². The second kappa shape index (κ2) is 11.6. The average Bonchev–Trinajstić information content (AvgIpc) is 3.17. The molecule has 1 atom stereocenters. The van der Waals surface area contributed by atoms with E-state index in [1.807, 2.05) is 67.6 Å². The summed E-state index contributed by atoms with van der Waals surface area (Å²) in [7, 11) is 1.58. The molecule has 210 valence electrons. The second-order valence-electron chi connectivity index (χ2n) is 11.5. The van der Waals surface area contributed by atoms with E-state index in [4.69, 9.17) is 9.47 Å². The van der Waals surface area contributed by atoms with Crippen molar-refractivity contribution in [2.75, 3.05) is 13.7 Å². The number of nitrogens with zero attached hydrogens (tertiary/aromatic N) is 1. The number of methoxy groups -OCH3 is 1. The molecule has 0 bridgehead atoms. The minimum absolute atomic E-state index is 0.0706. The highest BCUT2D eigenvalue weighted by atomic mass is 16.5. The SMILES string of the molecule is CCOc1ccc(/C(O)=C2/C(=O)C(=O)N(Cc3ccccc3OC)C2c2ccc(C(C)C)cc2)cc1C(C)(C)C. The van der Waals surface area contributed by atoms with Gasteiger partial charge < -0.3 is 19.5 Å². The molecule has 1 N–H and O–H groups in total. The first kappa shape index (κ1) is 28.9. The first-order valence-electron chi connectivity index (χ1n) is 13.8. The van der Waals surface area contributed by atoms with E-state index in [1.54, 1.807) is 13.2 Å². The summed E-state index contributed by atoms with van der Waals surface area (Å²) in [5.74, 6) is 0.105. The predicted molar refractivity (Wildman–Crippen MR) is 158 cm³/mol. The average molecular weight is 542 g/mol. The second-order valence-corrected chi connectivity index (χ2v) is 11.5. The number of benzene rings is 3. The summed E-state index contributed by atoms with van der Waals surface area (Å²) in [6, 6.07) is 20.0.